The van der Waals surface area contributed by atoms with Crippen molar-refractivity contribution < 1.29 is 34.1 Å². The summed E-state index contributed by atoms with van der Waals surface area (Å²) >= 11 is 0. The lowest BCUT2D eigenvalue weighted by molar-refractivity contribution is -0.148. The number of furan rings is 1. The Morgan fingerprint density at radius 3 is 2.51 bits per heavy atom. The molecule has 6 N–H and O–H groups in total. The third-order valence-electron chi connectivity index (χ3n) is 7.47. The number of nitrogens with two attached hydrogens (primary N) is 1. The number of likely N-dealkylation sites (N-methyl/N-ethyl adjacent to an activating group) is 1. The minimum absolute atomic E-state index is 0.0301. The second kappa shape index (κ2) is 11.6. The molecule has 0 aliphatic heterocycles. The summed E-state index contributed by atoms with van der Waals surface area (Å²) in [5, 5.41) is 36.8. The molecule has 0 saturated carbocycles. The molecule has 10 heteroatoms. The summed E-state index contributed by atoms with van der Waals surface area (Å²) in [5.41, 5.74) is 3.97. The smallest absolute Gasteiger partial charge is 0.255 e. The van der Waals surface area contributed by atoms with E-state index < -0.39 is 52.3 Å². The van der Waals surface area contributed by atoms with Crippen LogP contribution < -0.4 is 11.1 Å². The number of fused-ring (bicyclic) bond motifs is 1. The summed E-state index contributed by atoms with van der Waals surface area (Å²) < 4.78 is 6.03. The Morgan fingerprint density at radius 2 is 2.00 bits per heavy atom. The van der Waals surface area contributed by atoms with E-state index in [4.69, 9.17) is 10.2 Å². The quantitative estimate of drug-likeness (QED) is 0.170. The second-order valence-electron chi connectivity index (χ2n) is 10.3. The highest BCUT2D eigenvalue weighted by Gasteiger charge is 2.62. The topological polar surface area (TPSA) is 166 Å². The third kappa shape index (κ3) is 5.15. The molecular formula is C29H37N3O7. The fourth-order valence-electron chi connectivity index (χ4n) is 5.71. The van der Waals surface area contributed by atoms with Crippen LogP contribution in [-0.2, 0) is 20.9 Å². The van der Waals surface area contributed by atoms with Crippen LogP contribution in [0.2, 0.25) is 0 Å². The van der Waals surface area contributed by atoms with Crippen molar-refractivity contribution in [2.45, 2.75) is 44.9 Å². The highest BCUT2D eigenvalue weighted by atomic mass is 16.4. The second-order valence-corrected chi connectivity index (χ2v) is 10.3. The fraction of sp³-hybridized carbons (Fsp3) is 0.414. The summed E-state index contributed by atoms with van der Waals surface area (Å²) in [4.78, 5) is 39.2. The van der Waals surface area contributed by atoms with Gasteiger partial charge in [-0.1, -0.05) is 24.3 Å². The lowest BCUT2D eigenvalue weighted by Gasteiger charge is -2.49. The first-order valence-electron chi connectivity index (χ1n) is 12.7. The van der Waals surface area contributed by atoms with Crippen LogP contribution in [0, 0.1) is 11.8 Å². The van der Waals surface area contributed by atoms with E-state index in [1.807, 2.05) is 45.2 Å². The molecule has 1 amide bonds. The van der Waals surface area contributed by atoms with Crippen molar-refractivity contribution in [3.05, 3.63) is 76.2 Å². The van der Waals surface area contributed by atoms with Gasteiger partial charge in [0.05, 0.1) is 12.6 Å². The molecule has 0 bridgehead atoms. The number of allylic oxidation sites excluding steroid dienone is 6. The van der Waals surface area contributed by atoms with Crippen molar-refractivity contribution in [3.63, 3.8) is 0 Å². The number of hydrogen-bond donors (Lipinski definition) is 5. The lowest BCUT2D eigenvalue weighted by atomic mass is 9.60. The summed E-state index contributed by atoms with van der Waals surface area (Å²) in [5.74, 6) is -4.32. The zero-order valence-corrected chi connectivity index (χ0v) is 22.9. The Labute approximate surface area is 227 Å². The van der Waals surface area contributed by atoms with Gasteiger partial charge in [0.2, 0.25) is 5.78 Å². The predicted octanol–water partition coefficient (Wildman–Crippen LogP) is 2.48. The molecule has 0 aromatic carbocycles. The first-order chi connectivity index (χ1) is 18.3. The van der Waals surface area contributed by atoms with Gasteiger partial charge in [0.1, 0.15) is 34.9 Å². The van der Waals surface area contributed by atoms with E-state index in [1.165, 1.54) is 4.90 Å². The van der Waals surface area contributed by atoms with E-state index in [0.717, 1.165) is 16.9 Å². The number of Topliss-reactive ketones (excluding diaryl/α,β-unsaturated/α-hetero) is 1. The van der Waals surface area contributed by atoms with Crippen molar-refractivity contribution in [2.24, 2.45) is 17.6 Å². The molecular weight excluding hydrogens is 502 g/mol. The van der Waals surface area contributed by atoms with Gasteiger partial charge in [0, 0.05) is 17.1 Å². The van der Waals surface area contributed by atoms with Crippen LogP contribution in [0.3, 0.4) is 0 Å². The maximum absolute atomic E-state index is 13.3. The van der Waals surface area contributed by atoms with E-state index in [1.54, 1.807) is 14.1 Å². The van der Waals surface area contributed by atoms with Gasteiger partial charge < -0.3 is 30.8 Å². The summed E-state index contributed by atoms with van der Waals surface area (Å²) in [6, 6.07) is 2.67. The molecule has 0 spiro atoms. The van der Waals surface area contributed by atoms with Crippen LogP contribution in [0.25, 0.3) is 5.57 Å². The maximum atomic E-state index is 13.3. The Morgan fingerprint density at radius 1 is 1.33 bits per heavy atom. The number of carbonyl (C=O) groups is 3. The number of aliphatic hydroxyl groups excluding tert-OH is 2. The van der Waals surface area contributed by atoms with Crippen LogP contribution >= 0.6 is 0 Å². The van der Waals surface area contributed by atoms with Crippen LogP contribution in [-0.4, -0.2) is 71.0 Å². The molecule has 1 aromatic rings. The van der Waals surface area contributed by atoms with Gasteiger partial charge in [-0.2, -0.15) is 0 Å². The van der Waals surface area contributed by atoms with Crippen LogP contribution in [0.5, 0.6) is 0 Å². The minimum Gasteiger partial charge on any atom is -0.510 e. The molecule has 0 saturated heterocycles. The average Bonchev–Trinajstić information content (AvgIpc) is 3.31. The zero-order chi connectivity index (χ0) is 29.2. The van der Waals surface area contributed by atoms with Gasteiger partial charge in [0.15, 0.2) is 5.60 Å². The first-order valence-corrected chi connectivity index (χ1v) is 12.7. The Kier molecular flexibility index (Phi) is 8.84. The number of nitrogens with zero attached hydrogens (tertiary/aromatic N) is 1. The highest BCUT2D eigenvalue weighted by Crippen LogP contribution is 2.50. The standard InChI is InChI=1S/C29H37N3O7/c1-7-8-18(22-10-9-17(39-22)13-31-4)19(15(2)3)11-16-12-21-24(32(5)6)25(34)23(28(30)37)27(36)29(21,38)26(35)20(16)14-33/h7-10,14,16,21,24,31,34-35,38H,2,11-13H2,1,3-6H3,(H2,30,37)/b8-7-,19-18+/t16-,21-,24-,29-/m0/s1. The molecule has 0 fully saturated rings. The number of aliphatic hydroxyl groups is 3. The number of rotatable bonds is 10. The molecule has 210 valence electrons. The lowest BCUT2D eigenvalue weighted by Crippen LogP contribution is -2.63. The normalized spacial score (nSPS) is 26.2. The molecule has 2 aliphatic rings. The molecule has 0 unspecified atom stereocenters. The van der Waals surface area contributed by atoms with Gasteiger partial charge in [0.25, 0.3) is 5.91 Å². The number of aldehydes is 1. The Bertz CT molecular complexity index is 1310. The number of ketones is 1. The number of amides is 1. The Balaban J connectivity index is 2.20. The summed E-state index contributed by atoms with van der Waals surface area (Å²) in [7, 11) is 5.01. The summed E-state index contributed by atoms with van der Waals surface area (Å²) in [6.07, 6.45) is 4.38. The first kappa shape index (κ1) is 29.8. The van der Waals surface area contributed by atoms with E-state index in [2.05, 4.69) is 11.9 Å². The molecule has 1 heterocycles. The van der Waals surface area contributed by atoms with E-state index in [0.29, 0.717) is 24.2 Å². The maximum Gasteiger partial charge on any atom is 0.255 e. The van der Waals surface area contributed by atoms with Crippen molar-refractivity contribution in [3.8, 4) is 0 Å². The van der Waals surface area contributed by atoms with Crippen LogP contribution in [0.1, 0.15) is 38.2 Å². The largest absolute Gasteiger partial charge is 0.510 e. The van der Waals surface area contributed by atoms with Gasteiger partial charge >= 0.3 is 0 Å². The van der Waals surface area contributed by atoms with Crippen molar-refractivity contribution in [1.82, 2.24) is 10.2 Å². The van der Waals surface area contributed by atoms with E-state index in [-0.39, 0.29) is 18.4 Å². The number of carbonyl (C=O) groups excluding carboxylic acids is 3. The Hall–Kier alpha value is -3.73. The molecule has 0 radical (unpaired) electrons. The van der Waals surface area contributed by atoms with Gasteiger partial charge in [-0.25, -0.2) is 0 Å². The van der Waals surface area contributed by atoms with Crippen molar-refractivity contribution in [2.75, 3.05) is 21.1 Å². The molecule has 39 heavy (non-hydrogen) atoms. The monoisotopic (exact) mass is 539 g/mol. The minimum atomic E-state index is -2.61. The molecule has 2 aliphatic carbocycles. The van der Waals surface area contributed by atoms with Gasteiger partial charge in [-0.05, 0) is 71.5 Å². The molecule has 4 atom stereocenters. The predicted molar refractivity (Wildman–Crippen MR) is 146 cm³/mol. The van der Waals surface area contributed by atoms with E-state index >= 15 is 0 Å². The zero-order valence-electron chi connectivity index (χ0n) is 22.9. The fourth-order valence-corrected chi connectivity index (χ4v) is 5.71. The molecule has 10 nitrogen and oxygen atoms in total. The summed E-state index contributed by atoms with van der Waals surface area (Å²) in [6.45, 7) is 8.34. The number of primary amides is 1. The van der Waals surface area contributed by atoms with Gasteiger partial charge in [-0.3, -0.25) is 19.3 Å². The molecule has 1 aromatic heterocycles. The van der Waals surface area contributed by atoms with Crippen molar-refractivity contribution in [1.29, 1.82) is 0 Å². The highest BCUT2D eigenvalue weighted by molar-refractivity contribution is 6.24. The SMILES string of the molecule is C=C(C)/C(C[C@H]1C[C@H]2[C@H](N(C)C)C(O)=C(C(N)=O)C(=O)[C@@]2(O)C(O)=C1C=O)=C(\C=C/C)c1ccc(CNC)o1. The van der Waals surface area contributed by atoms with Crippen LogP contribution in [0.15, 0.2) is 69.1 Å². The third-order valence-corrected chi connectivity index (χ3v) is 7.47. The number of hydrogen-bond acceptors (Lipinski definition) is 9. The van der Waals surface area contributed by atoms with Crippen LogP contribution in [0.4, 0.5) is 0 Å². The number of nitrogens with one attached hydrogen (secondary N) is 1. The van der Waals surface area contributed by atoms with Crippen molar-refractivity contribution >= 4 is 23.5 Å². The van der Waals surface area contributed by atoms with Gasteiger partial charge in [-0.15, -0.1) is 0 Å². The van der Waals surface area contributed by atoms with E-state index in [9.17, 15) is 29.7 Å². The molecule has 3 rings (SSSR count). The average molecular weight is 540 g/mol.